The van der Waals surface area contributed by atoms with Crippen molar-refractivity contribution in [3.63, 3.8) is 0 Å². The summed E-state index contributed by atoms with van der Waals surface area (Å²) < 4.78 is 33.0. The zero-order valence-corrected chi connectivity index (χ0v) is 17.4. The van der Waals surface area contributed by atoms with Gasteiger partial charge in [0.2, 0.25) is 0 Å². The number of allylic oxidation sites excluding steroid dienone is 2. The lowest BCUT2D eigenvalue weighted by Gasteiger charge is -2.17. The standard InChI is InChI=1S/C22H26O6S/c1-5-11-19-13-7-9-15-21(19)17(3)25-27-29(23,24)28-26-18(4)22-16-10-8-14-20(22)12-6-2/h5-10,13-18H,1-2,11-12H2,3-4H3. The molecule has 0 aliphatic heterocycles. The molecule has 2 aromatic rings. The SMILES string of the molecule is C=CCc1ccccc1C(C)OOS(=O)(=O)OOC(C)c1ccccc1CC=C. The van der Waals surface area contributed by atoms with Crippen molar-refractivity contribution in [3.8, 4) is 0 Å². The maximum Gasteiger partial charge on any atom is 0.453 e. The minimum absolute atomic E-state index is 0.623. The highest BCUT2D eigenvalue weighted by Gasteiger charge is 2.22. The molecule has 0 N–H and O–H groups in total. The van der Waals surface area contributed by atoms with Gasteiger partial charge in [-0.05, 0) is 48.9 Å². The molecular weight excluding hydrogens is 392 g/mol. The monoisotopic (exact) mass is 418 g/mol. The van der Waals surface area contributed by atoms with Gasteiger partial charge in [-0.1, -0.05) is 69.4 Å². The van der Waals surface area contributed by atoms with Gasteiger partial charge in [-0.15, -0.1) is 13.2 Å². The first kappa shape index (κ1) is 23.0. The predicted octanol–water partition coefficient (Wildman–Crippen LogP) is 5.11. The van der Waals surface area contributed by atoms with Gasteiger partial charge in [0.25, 0.3) is 0 Å². The van der Waals surface area contributed by atoms with Crippen LogP contribution in [0.3, 0.4) is 0 Å². The summed E-state index contributed by atoms with van der Waals surface area (Å²) >= 11 is 0. The quantitative estimate of drug-likeness (QED) is 0.271. The summed E-state index contributed by atoms with van der Waals surface area (Å²) in [6.45, 7) is 10.8. The van der Waals surface area contributed by atoms with Crippen LogP contribution < -0.4 is 0 Å². The van der Waals surface area contributed by atoms with E-state index in [1.807, 2.05) is 48.5 Å². The van der Waals surface area contributed by atoms with Gasteiger partial charge in [0.15, 0.2) is 0 Å². The molecule has 0 spiro atoms. The highest BCUT2D eigenvalue weighted by molar-refractivity contribution is 7.81. The second kappa shape index (κ2) is 11.0. The van der Waals surface area contributed by atoms with Gasteiger partial charge >= 0.3 is 10.4 Å². The summed E-state index contributed by atoms with van der Waals surface area (Å²) in [6, 6.07) is 14.9. The number of benzene rings is 2. The van der Waals surface area contributed by atoms with E-state index in [0.717, 1.165) is 22.3 Å². The molecule has 2 rings (SSSR count). The van der Waals surface area contributed by atoms with E-state index < -0.39 is 22.6 Å². The number of hydrogen-bond acceptors (Lipinski definition) is 6. The lowest BCUT2D eigenvalue weighted by molar-refractivity contribution is -0.291. The van der Waals surface area contributed by atoms with E-state index in [4.69, 9.17) is 9.78 Å². The van der Waals surface area contributed by atoms with Gasteiger partial charge in [-0.3, -0.25) is 0 Å². The maximum atomic E-state index is 12.0. The fraction of sp³-hybridized carbons (Fsp3) is 0.273. The molecule has 2 atom stereocenters. The van der Waals surface area contributed by atoms with Crippen molar-refractivity contribution in [1.29, 1.82) is 0 Å². The Morgan fingerprint density at radius 3 is 1.55 bits per heavy atom. The van der Waals surface area contributed by atoms with Gasteiger partial charge in [-0.2, -0.15) is 8.42 Å². The van der Waals surface area contributed by atoms with Crippen LogP contribution in [0, 0.1) is 0 Å². The van der Waals surface area contributed by atoms with E-state index in [2.05, 4.69) is 21.8 Å². The molecule has 6 nitrogen and oxygen atoms in total. The molecule has 0 aromatic heterocycles. The van der Waals surface area contributed by atoms with E-state index in [0.29, 0.717) is 12.8 Å². The molecule has 0 aliphatic rings. The Balaban J connectivity index is 1.95. The Hall–Kier alpha value is -2.29. The molecule has 0 fully saturated rings. The smallest absolute Gasteiger partial charge is 0.210 e. The summed E-state index contributed by atoms with van der Waals surface area (Å²) in [5, 5.41) is 0. The van der Waals surface area contributed by atoms with Crippen molar-refractivity contribution in [3.05, 3.63) is 96.1 Å². The molecule has 0 aliphatic carbocycles. The third-order valence-corrected chi connectivity index (χ3v) is 4.74. The van der Waals surface area contributed by atoms with E-state index in [-0.39, 0.29) is 0 Å². The third kappa shape index (κ3) is 6.92. The Bertz CT molecular complexity index is 853. The van der Waals surface area contributed by atoms with Gasteiger partial charge < -0.3 is 0 Å². The first-order valence-electron chi connectivity index (χ1n) is 9.20. The van der Waals surface area contributed by atoms with Crippen molar-refractivity contribution in [2.45, 2.75) is 38.9 Å². The van der Waals surface area contributed by atoms with Crippen LogP contribution >= 0.6 is 0 Å². The Morgan fingerprint density at radius 1 is 0.793 bits per heavy atom. The Labute approximate surface area is 172 Å². The molecule has 7 heteroatoms. The van der Waals surface area contributed by atoms with Crippen LogP contribution in [0.25, 0.3) is 0 Å². The summed E-state index contributed by atoms with van der Waals surface area (Å²) in [7, 11) is -4.52. The second-order valence-electron chi connectivity index (χ2n) is 6.40. The number of rotatable bonds is 12. The molecular formula is C22H26O6S. The van der Waals surface area contributed by atoms with Crippen molar-refractivity contribution < 1.29 is 26.9 Å². The predicted molar refractivity (Wildman–Crippen MR) is 111 cm³/mol. The molecule has 0 heterocycles. The van der Waals surface area contributed by atoms with E-state index in [9.17, 15) is 8.42 Å². The maximum absolute atomic E-state index is 12.0. The van der Waals surface area contributed by atoms with Crippen LogP contribution in [0.2, 0.25) is 0 Å². The van der Waals surface area contributed by atoms with Crippen molar-refractivity contribution >= 4 is 10.4 Å². The van der Waals surface area contributed by atoms with Crippen molar-refractivity contribution in [2.24, 2.45) is 0 Å². The van der Waals surface area contributed by atoms with Crippen LogP contribution in [-0.4, -0.2) is 8.42 Å². The minimum Gasteiger partial charge on any atom is -0.210 e. The fourth-order valence-corrected chi connectivity index (χ4v) is 3.32. The molecule has 29 heavy (non-hydrogen) atoms. The first-order valence-corrected chi connectivity index (χ1v) is 10.5. The molecule has 0 saturated carbocycles. The van der Waals surface area contributed by atoms with Gasteiger partial charge in [0, 0.05) is 0 Å². The van der Waals surface area contributed by atoms with Gasteiger partial charge in [0.1, 0.15) is 12.2 Å². The van der Waals surface area contributed by atoms with Crippen LogP contribution in [0.15, 0.2) is 73.8 Å². The second-order valence-corrected chi connectivity index (χ2v) is 7.49. The third-order valence-electron chi connectivity index (χ3n) is 4.25. The van der Waals surface area contributed by atoms with Crippen molar-refractivity contribution in [1.82, 2.24) is 0 Å². The van der Waals surface area contributed by atoms with E-state index >= 15 is 0 Å². The average molecular weight is 419 g/mol. The zero-order valence-electron chi connectivity index (χ0n) is 16.6. The minimum atomic E-state index is -4.52. The molecule has 156 valence electrons. The summed E-state index contributed by atoms with van der Waals surface area (Å²) in [5.74, 6) is 0. The fourth-order valence-electron chi connectivity index (χ4n) is 2.87. The molecule has 0 radical (unpaired) electrons. The van der Waals surface area contributed by atoms with Crippen LogP contribution in [0.5, 0.6) is 0 Å². The highest BCUT2D eigenvalue weighted by Crippen LogP contribution is 2.25. The zero-order chi connectivity index (χ0) is 21.3. The Kier molecular flexibility index (Phi) is 8.75. The number of hydrogen-bond donors (Lipinski definition) is 0. The van der Waals surface area contributed by atoms with E-state index in [1.165, 1.54) is 0 Å². The van der Waals surface area contributed by atoms with Crippen molar-refractivity contribution in [2.75, 3.05) is 0 Å². The average Bonchev–Trinajstić information content (AvgIpc) is 2.72. The molecule has 2 unspecified atom stereocenters. The summed E-state index contributed by atoms with van der Waals surface area (Å²) in [5.41, 5.74) is 3.49. The normalized spacial score (nSPS) is 13.6. The molecule has 0 amide bonds. The largest absolute Gasteiger partial charge is 0.453 e. The Morgan fingerprint density at radius 2 is 1.17 bits per heavy atom. The highest BCUT2D eigenvalue weighted by atomic mass is 32.3. The van der Waals surface area contributed by atoms with Gasteiger partial charge in [0.05, 0.1) is 0 Å². The van der Waals surface area contributed by atoms with Crippen LogP contribution in [0.1, 0.15) is 48.3 Å². The summed E-state index contributed by atoms with van der Waals surface area (Å²) in [6.07, 6.45) is 3.47. The topological polar surface area (TPSA) is 71.1 Å². The lowest BCUT2D eigenvalue weighted by atomic mass is 10.0. The first-order chi connectivity index (χ1) is 13.9. The lowest BCUT2D eigenvalue weighted by Crippen LogP contribution is -2.15. The summed E-state index contributed by atoms with van der Waals surface area (Å²) in [4.78, 5) is 10.1. The molecule has 0 bridgehead atoms. The van der Waals surface area contributed by atoms with Crippen LogP contribution in [-0.2, 0) is 41.7 Å². The van der Waals surface area contributed by atoms with Gasteiger partial charge in [-0.25, -0.2) is 9.78 Å². The molecule has 0 saturated heterocycles. The molecule has 2 aromatic carbocycles. The van der Waals surface area contributed by atoms with E-state index in [1.54, 1.807) is 26.0 Å². The van der Waals surface area contributed by atoms with Crippen LogP contribution in [0.4, 0.5) is 0 Å².